The lowest BCUT2D eigenvalue weighted by Crippen LogP contribution is -2.37. The summed E-state index contributed by atoms with van der Waals surface area (Å²) in [5, 5.41) is 2.98. The molecular weight excluding hydrogens is 278 g/mol. The first-order valence-electron chi connectivity index (χ1n) is 7.83. The third-order valence-electron chi connectivity index (χ3n) is 3.94. The molecule has 2 rings (SSSR count). The standard InChI is InChI=1S/C17H25N3O2/c1-12(2)9-10-13(3)18-16(21)11-20-15-8-6-5-7-14(15)19(4)17(20)22/h5-8,12-13H,9-11H2,1-4H3,(H,18,21). The summed E-state index contributed by atoms with van der Waals surface area (Å²) in [4.78, 5) is 24.5. The summed E-state index contributed by atoms with van der Waals surface area (Å²) < 4.78 is 3.10. The minimum atomic E-state index is -0.161. The Morgan fingerprint density at radius 2 is 1.77 bits per heavy atom. The van der Waals surface area contributed by atoms with E-state index in [9.17, 15) is 9.59 Å². The first kappa shape index (κ1) is 16.3. The van der Waals surface area contributed by atoms with E-state index in [0.29, 0.717) is 5.92 Å². The molecule has 1 N–H and O–H groups in total. The Bertz CT molecular complexity index is 712. The summed E-state index contributed by atoms with van der Waals surface area (Å²) in [6.07, 6.45) is 2.03. The molecular formula is C17H25N3O2. The zero-order valence-corrected chi connectivity index (χ0v) is 13.8. The minimum Gasteiger partial charge on any atom is -0.352 e. The maximum absolute atomic E-state index is 12.3. The van der Waals surface area contributed by atoms with E-state index in [1.165, 1.54) is 4.57 Å². The van der Waals surface area contributed by atoms with Crippen LogP contribution in [0, 0.1) is 5.92 Å². The Morgan fingerprint density at radius 1 is 1.14 bits per heavy atom. The molecule has 1 amide bonds. The number of nitrogens with zero attached hydrogens (tertiary/aromatic N) is 2. The van der Waals surface area contributed by atoms with Crippen LogP contribution < -0.4 is 11.0 Å². The lowest BCUT2D eigenvalue weighted by atomic mass is 10.0. The van der Waals surface area contributed by atoms with Gasteiger partial charge in [-0.1, -0.05) is 26.0 Å². The van der Waals surface area contributed by atoms with Crippen LogP contribution in [0.3, 0.4) is 0 Å². The van der Waals surface area contributed by atoms with Crippen molar-refractivity contribution in [2.24, 2.45) is 13.0 Å². The molecule has 1 aromatic heterocycles. The molecule has 5 nitrogen and oxygen atoms in total. The number of aryl methyl sites for hydroxylation is 1. The van der Waals surface area contributed by atoms with Crippen molar-refractivity contribution in [1.29, 1.82) is 0 Å². The fraction of sp³-hybridized carbons (Fsp3) is 0.529. The van der Waals surface area contributed by atoms with Gasteiger partial charge < -0.3 is 5.32 Å². The molecule has 2 aromatic rings. The number of rotatable bonds is 6. The molecule has 0 aliphatic carbocycles. The summed E-state index contributed by atoms with van der Waals surface area (Å²) in [5.74, 6) is 0.509. The Hall–Kier alpha value is -2.04. The Morgan fingerprint density at radius 3 is 2.41 bits per heavy atom. The van der Waals surface area contributed by atoms with Crippen molar-refractivity contribution in [1.82, 2.24) is 14.5 Å². The molecule has 1 heterocycles. The van der Waals surface area contributed by atoms with Crippen molar-refractivity contribution in [2.75, 3.05) is 0 Å². The predicted octanol–water partition coefficient (Wildman–Crippen LogP) is 2.28. The van der Waals surface area contributed by atoms with Gasteiger partial charge in [-0.25, -0.2) is 4.79 Å². The summed E-state index contributed by atoms with van der Waals surface area (Å²) >= 11 is 0. The van der Waals surface area contributed by atoms with Gasteiger partial charge in [0.05, 0.1) is 11.0 Å². The molecule has 5 heteroatoms. The summed E-state index contributed by atoms with van der Waals surface area (Å²) in [5.41, 5.74) is 1.47. The average Bonchev–Trinajstić information content (AvgIpc) is 2.71. The quantitative estimate of drug-likeness (QED) is 0.890. The summed E-state index contributed by atoms with van der Waals surface area (Å²) in [6, 6.07) is 7.64. The van der Waals surface area contributed by atoms with Crippen LogP contribution in [-0.4, -0.2) is 21.1 Å². The average molecular weight is 303 g/mol. The van der Waals surface area contributed by atoms with Crippen molar-refractivity contribution in [3.63, 3.8) is 0 Å². The van der Waals surface area contributed by atoms with E-state index < -0.39 is 0 Å². The van der Waals surface area contributed by atoms with Gasteiger partial charge in [0.25, 0.3) is 0 Å². The van der Waals surface area contributed by atoms with E-state index in [2.05, 4.69) is 19.2 Å². The fourth-order valence-corrected chi connectivity index (χ4v) is 2.64. The summed E-state index contributed by atoms with van der Waals surface area (Å²) in [7, 11) is 1.73. The number of carbonyl (C=O) groups is 1. The predicted molar refractivity (Wildman–Crippen MR) is 88.9 cm³/mol. The van der Waals surface area contributed by atoms with Crippen LogP contribution in [0.2, 0.25) is 0 Å². The maximum Gasteiger partial charge on any atom is 0.329 e. The van der Waals surface area contributed by atoms with Crippen LogP contribution in [0.1, 0.15) is 33.6 Å². The number of para-hydroxylation sites is 2. The first-order chi connectivity index (χ1) is 10.4. The number of nitrogens with one attached hydrogen (secondary N) is 1. The SMILES string of the molecule is CC(C)CCC(C)NC(=O)Cn1c(=O)n(C)c2ccccc21. The Balaban J connectivity index is 2.09. The second-order valence-electron chi connectivity index (χ2n) is 6.36. The second-order valence-corrected chi connectivity index (χ2v) is 6.36. The molecule has 0 bridgehead atoms. The highest BCUT2D eigenvalue weighted by atomic mass is 16.2. The van der Waals surface area contributed by atoms with Crippen molar-refractivity contribution in [2.45, 2.75) is 46.2 Å². The van der Waals surface area contributed by atoms with E-state index in [-0.39, 0.29) is 24.2 Å². The molecule has 0 saturated carbocycles. The molecule has 120 valence electrons. The number of benzene rings is 1. The molecule has 0 saturated heterocycles. The normalized spacial score (nSPS) is 12.8. The monoisotopic (exact) mass is 303 g/mol. The van der Waals surface area contributed by atoms with Crippen LogP contribution in [0.5, 0.6) is 0 Å². The topological polar surface area (TPSA) is 56.0 Å². The van der Waals surface area contributed by atoms with E-state index in [4.69, 9.17) is 0 Å². The minimum absolute atomic E-state index is 0.0617. The second kappa shape index (κ2) is 6.81. The van der Waals surface area contributed by atoms with Crippen LogP contribution in [0.25, 0.3) is 11.0 Å². The highest BCUT2D eigenvalue weighted by Crippen LogP contribution is 2.11. The molecule has 0 spiro atoms. The van der Waals surface area contributed by atoms with E-state index >= 15 is 0 Å². The number of imidazole rings is 1. The first-order valence-corrected chi connectivity index (χ1v) is 7.83. The van der Waals surface area contributed by atoms with Crippen molar-refractivity contribution >= 4 is 16.9 Å². The maximum atomic E-state index is 12.3. The zero-order valence-electron chi connectivity index (χ0n) is 13.8. The largest absolute Gasteiger partial charge is 0.352 e. The van der Waals surface area contributed by atoms with Crippen LogP contribution >= 0.6 is 0 Å². The highest BCUT2D eigenvalue weighted by Gasteiger charge is 2.14. The van der Waals surface area contributed by atoms with Gasteiger partial charge in [0.2, 0.25) is 5.91 Å². The highest BCUT2D eigenvalue weighted by molar-refractivity contribution is 5.81. The van der Waals surface area contributed by atoms with Crippen LogP contribution in [0.15, 0.2) is 29.1 Å². The van der Waals surface area contributed by atoms with E-state index in [1.807, 2.05) is 31.2 Å². The van der Waals surface area contributed by atoms with Gasteiger partial charge in [0.15, 0.2) is 0 Å². The van der Waals surface area contributed by atoms with Crippen molar-refractivity contribution < 1.29 is 4.79 Å². The van der Waals surface area contributed by atoms with E-state index in [1.54, 1.807) is 11.6 Å². The number of carbonyl (C=O) groups excluding carboxylic acids is 1. The van der Waals surface area contributed by atoms with Crippen LogP contribution in [0.4, 0.5) is 0 Å². The third-order valence-corrected chi connectivity index (χ3v) is 3.94. The van der Waals surface area contributed by atoms with Gasteiger partial charge in [-0.15, -0.1) is 0 Å². The third kappa shape index (κ3) is 3.59. The number of hydrogen-bond donors (Lipinski definition) is 1. The zero-order chi connectivity index (χ0) is 16.3. The lowest BCUT2D eigenvalue weighted by molar-refractivity contribution is -0.122. The molecule has 22 heavy (non-hydrogen) atoms. The van der Waals surface area contributed by atoms with Crippen molar-refractivity contribution in [3.05, 3.63) is 34.7 Å². The molecule has 1 aromatic carbocycles. The van der Waals surface area contributed by atoms with Gasteiger partial charge in [-0.2, -0.15) is 0 Å². The number of hydrogen-bond acceptors (Lipinski definition) is 2. The Labute approximate surface area is 130 Å². The number of fused-ring (bicyclic) bond motifs is 1. The van der Waals surface area contributed by atoms with Gasteiger partial charge in [-0.05, 0) is 37.8 Å². The van der Waals surface area contributed by atoms with Crippen LogP contribution in [-0.2, 0) is 18.4 Å². The molecule has 1 unspecified atom stereocenters. The number of amides is 1. The van der Waals surface area contributed by atoms with Crippen molar-refractivity contribution in [3.8, 4) is 0 Å². The molecule has 0 aliphatic heterocycles. The van der Waals surface area contributed by atoms with Gasteiger partial charge in [0, 0.05) is 13.1 Å². The summed E-state index contributed by atoms with van der Waals surface area (Å²) in [6.45, 7) is 6.41. The smallest absolute Gasteiger partial charge is 0.329 e. The van der Waals surface area contributed by atoms with Gasteiger partial charge in [-0.3, -0.25) is 13.9 Å². The number of aromatic nitrogens is 2. The lowest BCUT2D eigenvalue weighted by Gasteiger charge is -2.15. The molecule has 0 radical (unpaired) electrons. The fourth-order valence-electron chi connectivity index (χ4n) is 2.64. The van der Waals surface area contributed by atoms with E-state index in [0.717, 1.165) is 23.9 Å². The Kier molecular flexibility index (Phi) is 5.06. The molecule has 0 fully saturated rings. The van der Waals surface area contributed by atoms with Gasteiger partial charge in [0.1, 0.15) is 6.54 Å². The van der Waals surface area contributed by atoms with Gasteiger partial charge >= 0.3 is 5.69 Å². The molecule has 0 aliphatic rings. The molecule has 1 atom stereocenters.